The maximum atomic E-state index is 10.7. The van der Waals surface area contributed by atoms with Crippen molar-refractivity contribution < 1.29 is 14.6 Å². The Morgan fingerprint density at radius 3 is 2.40 bits per heavy atom. The van der Waals surface area contributed by atoms with Gasteiger partial charge in [-0.25, -0.2) is 0 Å². The predicted octanol–water partition coefficient (Wildman–Crippen LogP) is 5.15. The molecule has 1 atom stereocenters. The molecule has 4 heteroatoms. The number of piperidine rings is 1. The maximum Gasteiger partial charge on any atom is 0.161 e. The van der Waals surface area contributed by atoms with Gasteiger partial charge in [-0.1, -0.05) is 36.4 Å². The molecule has 2 aromatic carbocycles. The lowest BCUT2D eigenvalue weighted by molar-refractivity contribution is -0.0161. The Balaban J connectivity index is 1.32. The van der Waals surface area contributed by atoms with Crippen LogP contribution in [0.5, 0.6) is 11.5 Å². The Hall–Kier alpha value is -2.04. The Kier molecular flexibility index (Phi) is 7.29. The summed E-state index contributed by atoms with van der Waals surface area (Å²) in [5, 5.41) is 10.7. The van der Waals surface area contributed by atoms with E-state index in [0.29, 0.717) is 12.0 Å². The van der Waals surface area contributed by atoms with Gasteiger partial charge in [0.15, 0.2) is 11.5 Å². The third kappa shape index (κ3) is 5.35. The van der Waals surface area contributed by atoms with Crippen molar-refractivity contribution in [1.82, 2.24) is 4.90 Å². The minimum atomic E-state index is -0.358. The number of hydrogen-bond acceptors (Lipinski definition) is 4. The van der Waals surface area contributed by atoms with E-state index in [9.17, 15) is 5.11 Å². The number of methoxy groups -OCH3 is 1. The SMILES string of the molecule is COc1ccc(C2CCN(C(O)CCc3ccccc3)CC2)cc1OC1CCCC1. The van der Waals surface area contributed by atoms with Crippen molar-refractivity contribution in [3.8, 4) is 11.5 Å². The molecule has 0 bridgehead atoms. The molecule has 1 aliphatic heterocycles. The summed E-state index contributed by atoms with van der Waals surface area (Å²) in [5.41, 5.74) is 2.63. The van der Waals surface area contributed by atoms with Crippen molar-refractivity contribution in [1.29, 1.82) is 0 Å². The van der Waals surface area contributed by atoms with Gasteiger partial charge in [-0.15, -0.1) is 0 Å². The zero-order valence-electron chi connectivity index (χ0n) is 18.1. The van der Waals surface area contributed by atoms with Crippen molar-refractivity contribution in [3.05, 3.63) is 59.7 Å². The van der Waals surface area contributed by atoms with E-state index < -0.39 is 0 Å². The van der Waals surface area contributed by atoms with E-state index in [2.05, 4.69) is 47.4 Å². The van der Waals surface area contributed by atoms with Crippen LogP contribution in [0.3, 0.4) is 0 Å². The smallest absolute Gasteiger partial charge is 0.161 e. The number of aliphatic hydroxyl groups is 1. The molecular weight excluding hydrogens is 374 g/mol. The third-order valence-electron chi connectivity index (χ3n) is 6.74. The average Bonchev–Trinajstić information content (AvgIpc) is 3.31. The van der Waals surface area contributed by atoms with Crippen LogP contribution < -0.4 is 9.47 Å². The van der Waals surface area contributed by atoms with E-state index in [1.165, 1.54) is 24.0 Å². The minimum Gasteiger partial charge on any atom is -0.493 e. The van der Waals surface area contributed by atoms with E-state index in [1.807, 2.05) is 6.07 Å². The fourth-order valence-electron chi connectivity index (χ4n) is 4.88. The van der Waals surface area contributed by atoms with Crippen molar-refractivity contribution in [2.24, 2.45) is 0 Å². The van der Waals surface area contributed by atoms with Gasteiger partial charge in [0.05, 0.1) is 13.2 Å². The normalized spacial score (nSPS) is 19.7. The number of aliphatic hydroxyl groups excluding tert-OH is 1. The molecule has 1 aliphatic carbocycles. The van der Waals surface area contributed by atoms with Crippen molar-refractivity contribution in [2.45, 2.75) is 69.6 Å². The zero-order chi connectivity index (χ0) is 20.8. The highest BCUT2D eigenvalue weighted by Crippen LogP contribution is 2.37. The molecule has 162 valence electrons. The van der Waals surface area contributed by atoms with Crippen LogP contribution in [0, 0.1) is 0 Å². The highest BCUT2D eigenvalue weighted by atomic mass is 16.5. The molecule has 1 heterocycles. The maximum absolute atomic E-state index is 10.7. The number of likely N-dealkylation sites (tertiary alicyclic amines) is 1. The lowest BCUT2D eigenvalue weighted by atomic mass is 9.89. The number of ether oxygens (including phenoxy) is 2. The number of rotatable bonds is 8. The van der Waals surface area contributed by atoms with Crippen molar-refractivity contribution in [2.75, 3.05) is 20.2 Å². The molecule has 4 rings (SSSR count). The summed E-state index contributed by atoms with van der Waals surface area (Å²) < 4.78 is 11.8. The van der Waals surface area contributed by atoms with Gasteiger partial charge in [0, 0.05) is 13.1 Å². The lowest BCUT2D eigenvalue weighted by Gasteiger charge is -2.35. The fourth-order valence-corrected chi connectivity index (χ4v) is 4.88. The van der Waals surface area contributed by atoms with E-state index in [1.54, 1.807) is 7.11 Å². The van der Waals surface area contributed by atoms with Gasteiger partial charge in [-0.05, 0) is 80.5 Å². The van der Waals surface area contributed by atoms with Crippen LogP contribution in [-0.4, -0.2) is 42.5 Å². The summed E-state index contributed by atoms with van der Waals surface area (Å²) in [6.07, 6.45) is 8.63. The summed E-state index contributed by atoms with van der Waals surface area (Å²) in [7, 11) is 1.71. The van der Waals surface area contributed by atoms with Crippen molar-refractivity contribution in [3.63, 3.8) is 0 Å². The van der Waals surface area contributed by atoms with Gasteiger partial charge < -0.3 is 14.6 Å². The standard InChI is InChI=1S/C26H35NO3/c1-29-24-13-12-22(19-25(24)30-23-9-5-6-10-23)21-15-17-27(18-16-21)26(28)14-11-20-7-3-2-4-8-20/h2-4,7-8,12-13,19,21,23,26,28H,5-6,9-11,14-18H2,1H3. The molecule has 2 fully saturated rings. The van der Waals surface area contributed by atoms with Crippen LogP contribution in [0.2, 0.25) is 0 Å². The van der Waals surface area contributed by atoms with E-state index in [-0.39, 0.29) is 6.23 Å². The summed E-state index contributed by atoms with van der Waals surface area (Å²) in [4.78, 5) is 2.24. The van der Waals surface area contributed by atoms with Gasteiger partial charge in [0.2, 0.25) is 0 Å². The van der Waals surface area contributed by atoms with Crippen LogP contribution in [0.15, 0.2) is 48.5 Å². The predicted molar refractivity (Wildman–Crippen MR) is 120 cm³/mol. The van der Waals surface area contributed by atoms with E-state index in [0.717, 1.165) is 63.1 Å². The van der Waals surface area contributed by atoms with Crippen molar-refractivity contribution >= 4 is 0 Å². The summed E-state index contributed by atoms with van der Waals surface area (Å²) in [6.45, 7) is 1.87. The number of nitrogens with zero attached hydrogens (tertiary/aromatic N) is 1. The molecule has 2 aromatic rings. The second-order valence-corrected chi connectivity index (χ2v) is 8.75. The summed E-state index contributed by atoms with van der Waals surface area (Å²) in [5.74, 6) is 2.24. The molecule has 1 saturated heterocycles. The average molecular weight is 410 g/mol. The van der Waals surface area contributed by atoms with Crippen LogP contribution in [0.25, 0.3) is 0 Å². The quantitative estimate of drug-likeness (QED) is 0.655. The summed E-state index contributed by atoms with van der Waals surface area (Å²) in [6, 6.07) is 16.9. The Morgan fingerprint density at radius 1 is 0.967 bits per heavy atom. The number of aryl methyl sites for hydroxylation is 1. The number of benzene rings is 2. The highest BCUT2D eigenvalue weighted by Gasteiger charge is 2.26. The van der Waals surface area contributed by atoms with Gasteiger partial charge in [-0.2, -0.15) is 0 Å². The molecule has 2 aliphatic rings. The topological polar surface area (TPSA) is 41.9 Å². The molecule has 0 aromatic heterocycles. The molecule has 1 N–H and O–H groups in total. The first kappa shape index (κ1) is 21.2. The van der Waals surface area contributed by atoms with E-state index in [4.69, 9.17) is 9.47 Å². The molecular formula is C26H35NO3. The molecule has 0 amide bonds. The Labute approximate surface area is 180 Å². The van der Waals surface area contributed by atoms with Crippen LogP contribution in [0.1, 0.15) is 62.0 Å². The van der Waals surface area contributed by atoms with Gasteiger partial charge in [0.25, 0.3) is 0 Å². The van der Waals surface area contributed by atoms with Crippen LogP contribution in [0.4, 0.5) is 0 Å². The monoisotopic (exact) mass is 409 g/mol. The second-order valence-electron chi connectivity index (χ2n) is 8.75. The molecule has 1 unspecified atom stereocenters. The van der Waals surface area contributed by atoms with Gasteiger partial charge in [-0.3, -0.25) is 4.90 Å². The first-order valence-corrected chi connectivity index (χ1v) is 11.5. The van der Waals surface area contributed by atoms with Gasteiger partial charge in [0.1, 0.15) is 6.23 Å². The fraction of sp³-hybridized carbons (Fsp3) is 0.538. The molecule has 0 spiro atoms. The van der Waals surface area contributed by atoms with Crippen LogP contribution in [-0.2, 0) is 6.42 Å². The Morgan fingerprint density at radius 2 is 1.70 bits per heavy atom. The lowest BCUT2D eigenvalue weighted by Crippen LogP contribution is -2.41. The zero-order valence-corrected chi connectivity index (χ0v) is 18.1. The van der Waals surface area contributed by atoms with E-state index >= 15 is 0 Å². The van der Waals surface area contributed by atoms with Gasteiger partial charge >= 0.3 is 0 Å². The molecule has 0 radical (unpaired) electrons. The summed E-state index contributed by atoms with van der Waals surface area (Å²) >= 11 is 0. The highest BCUT2D eigenvalue weighted by molar-refractivity contribution is 5.44. The van der Waals surface area contributed by atoms with Crippen LogP contribution >= 0.6 is 0 Å². The molecule has 4 nitrogen and oxygen atoms in total. The second kappa shape index (κ2) is 10.3. The third-order valence-corrected chi connectivity index (χ3v) is 6.74. The first-order chi connectivity index (χ1) is 14.7. The largest absolute Gasteiger partial charge is 0.493 e. The molecule has 30 heavy (non-hydrogen) atoms. The first-order valence-electron chi connectivity index (χ1n) is 11.5. The number of hydrogen-bond donors (Lipinski definition) is 1. The Bertz CT molecular complexity index is 780. The minimum absolute atomic E-state index is 0.329. The molecule has 1 saturated carbocycles.